The average Bonchev–Trinajstić information content (AvgIpc) is 2.95. The Morgan fingerprint density at radius 1 is 1.47 bits per heavy atom. The molecule has 1 aliphatic carbocycles. The number of hydrogen-bond acceptors (Lipinski definition) is 2. The predicted molar refractivity (Wildman–Crippen MR) is 59.0 cm³/mol. The highest BCUT2D eigenvalue weighted by Crippen LogP contribution is 2.46. The molecule has 3 nitrogen and oxygen atoms in total. The van der Waals surface area contributed by atoms with E-state index in [9.17, 15) is 4.79 Å². The maximum atomic E-state index is 12.0. The van der Waals surface area contributed by atoms with Crippen LogP contribution in [0.25, 0.3) is 0 Å². The van der Waals surface area contributed by atoms with Gasteiger partial charge >= 0.3 is 0 Å². The minimum absolute atomic E-state index is 0.0122. The molecule has 3 heteroatoms. The molecule has 0 aromatic rings. The van der Waals surface area contributed by atoms with Crippen molar-refractivity contribution in [1.82, 2.24) is 4.90 Å². The third kappa shape index (κ3) is 2.50. The first-order valence-electron chi connectivity index (χ1n) is 5.61. The lowest BCUT2D eigenvalue weighted by atomic mass is 10.0. The van der Waals surface area contributed by atoms with E-state index in [4.69, 9.17) is 5.26 Å². The van der Waals surface area contributed by atoms with Crippen LogP contribution in [-0.2, 0) is 4.79 Å². The normalized spacial score (nSPS) is 19.5. The molecule has 84 valence electrons. The molecule has 0 spiro atoms. The molecular formula is C12H20N2O. The van der Waals surface area contributed by atoms with Crippen LogP contribution < -0.4 is 0 Å². The summed E-state index contributed by atoms with van der Waals surface area (Å²) in [5.74, 6) is 0.589. The minimum atomic E-state index is -0.667. The Kier molecular flexibility index (Phi) is 3.38. The Bertz CT molecular complexity index is 286. The van der Waals surface area contributed by atoms with E-state index in [-0.39, 0.29) is 11.9 Å². The number of nitrogens with zero attached hydrogens (tertiary/aromatic N) is 2. The molecule has 1 saturated carbocycles. The lowest BCUT2D eigenvalue weighted by Gasteiger charge is -2.28. The molecule has 0 N–H and O–H groups in total. The first-order valence-corrected chi connectivity index (χ1v) is 5.61. The zero-order chi connectivity index (χ0) is 11.6. The molecule has 1 unspecified atom stereocenters. The Labute approximate surface area is 92.1 Å². The van der Waals surface area contributed by atoms with Gasteiger partial charge in [0.15, 0.2) is 0 Å². The van der Waals surface area contributed by atoms with Gasteiger partial charge in [0, 0.05) is 13.1 Å². The predicted octanol–water partition coefficient (Wildman–Crippen LogP) is 2.18. The lowest BCUT2D eigenvalue weighted by Crippen LogP contribution is -2.40. The SMILES string of the molecule is CC(C)CC(C)N(C)C(=O)C1(C#N)CC1. The van der Waals surface area contributed by atoms with Crippen LogP contribution >= 0.6 is 0 Å². The van der Waals surface area contributed by atoms with Crippen molar-refractivity contribution in [3.63, 3.8) is 0 Å². The standard InChI is InChI=1S/C12H20N2O/c1-9(2)7-10(3)14(4)11(15)12(8-13)5-6-12/h9-10H,5-7H2,1-4H3. The van der Waals surface area contributed by atoms with Gasteiger partial charge in [0.2, 0.25) is 5.91 Å². The van der Waals surface area contributed by atoms with Crippen molar-refractivity contribution in [1.29, 1.82) is 5.26 Å². The van der Waals surface area contributed by atoms with Crippen LogP contribution in [0.5, 0.6) is 0 Å². The van der Waals surface area contributed by atoms with Crippen LogP contribution in [0.4, 0.5) is 0 Å². The molecule has 0 aliphatic heterocycles. The summed E-state index contributed by atoms with van der Waals surface area (Å²) >= 11 is 0. The van der Waals surface area contributed by atoms with Crippen molar-refractivity contribution in [3.8, 4) is 6.07 Å². The van der Waals surface area contributed by atoms with Crippen LogP contribution in [0.1, 0.15) is 40.0 Å². The molecule has 1 rings (SSSR count). The third-order valence-electron chi connectivity index (χ3n) is 3.17. The van der Waals surface area contributed by atoms with Crippen LogP contribution in [0, 0.1) is 22.7 Å². The second-order valence-electron chi connectivity index (χ2n) is 5.09. The molecule has 1 fully saturated rings. The fraction of sp³-hybridized carbons (Fsp3) is 0.833. The summed E-state index contributed by atoms with van der Waals surface area (Å²) in [5, 5.41) is 8.94. The van der Waals surface area contributed by atoms with E-state index in [1.54, 1.807) is 4.90 Å². The van der Waals surface area contributed by atoms with Crippen molar-refractivity contribution >= 4 is 5.91 Å². The molecule has 1 aliphatic rings. The Morgan fingerprint density at radius 2 is 2.00 bits per heavy atom. The van der Waals surface area contributed by atoms with Gasteiger partial charge in [-0.25, -0.2) is 0 Å². The molecule has 0 heterocycles. The number of nitriles is 1. The number of rotatable bonds is 4. The number of amides is 1. The van der Waals surface area contributed by atoms with Crippen molar-refractivity contribution in [3.05, 3.63) is 0 Å². The smallest absolute Gasteiger partial charge is 0.243 e. The largest absolute Gasteiger partial charge is 0.342 e. The van der Waals surface area contributed by atoms with Crippen molar-refractivity contribution < 1.29 is 4.79 Å². The van der Waals surface area contributed by atoms with E-state index in [0.717, 1.165) is 19.3 Å². The highest BCUT2D eigenvalue weighted by molar-refractivity contribution is 5.88. The molecular weight excluding hydrogens is 188 g/mol. The first-order chi connectivity index (χ1) is 6.93. The van der Waals surface area contributed by atoms with Crippen LogP contribution in [0.15, 0.2) is 0 Å². The van der Waals surface area contributed by atoms with Gasteiger partial charge in [-0.05, 0) is 32.1 Å². The number of carbonyl (C=O) groups is 1. The van der Waals surface area contributed by atoms with Crippen molar-refractivity contribution in [2.45, 2.75) is 46.1 Å². The van der Waals surface area contributed by atoms with Gasteiger partial charge in [0.1, 0.15) is 5.41 Å². The summed E-state index contributed by atoms with van der Waals surface area (Å²) in [6.07, 6.45) is 2.46. The molecule has 15 heavy (non-hydrogen) atoms. The van der Waals surface area contributed by atoms with E-state index >= 15 is 0 Å². The number of carbonyl (C=O) groups excluding carboxylic acids is 1. The average molecular weight is 208 g/mol. The Morgan fingerprint density at radius 3 is 2.33 bits per heavy atom. The summed E-state index contributed by atoms with van der Waals surface area (Å²) in [4.78, 5) is 13.7. The summed E-state index contributed by atoms with van der Waals surface area (Å²) in [5.41, 5.74) is -0.667. The zero-order valence-electron chi connectivity index (χ0n) is 10.1. The summed E-state index contributed by atoms with van der Waals surface area (Å²) < 4.78 is 0. The summed E-state index contributed by atoms with van der Waals surface area (Å²) in [6.45, 7) is 6.34. The van der Waals surface area contributed by atoms with Gasteiger partial charge < -0.3 is 4.90 Å². The molecule has 0 saturated heterocycles. The molecule has 1 atom stereocenters. The molecule has 1 amide bonds. The van der Waals surface area contributed by atoms with Gasteiger partial charge in [0.25, 0.3) is 0 Å². The highest BCUT2D eigenvalue weighted by Gasteiger charge is 2.52. The topological polar surface area (TPSA) is 44.1 Å². The fourth-order valence-electron chi connectivity index (χ4n) is 1.88. The molecule has 0 bridgehead atoms. The van der Waals surface area contributed by atoms with Crippen LogP contribution in [-0.4, -0.2) is 23.9 Å². The van der Waals surface area contributed by atoms with Gasteiger partial charge in [-0.1, -0.05) is 13.8 Å². The van der Waals surface area contributed by atoms with Crippen molar-refractivity contribution in [2.24, 2.45) is 11.3 Å². The Hall–Kier alpha value is -1.04. The second-order valence-corrected chi connectivity index (χ2v) is 5.09. The highest BCUT2D eigenvalue weighted by atomic mass is 16.2. The van der Waals surface area contributed by atoms with E-state index in [2.05, 4.69) is 19.9 Å². The van der Waals surface area contributed by atoms with Gasteiger partial charge in [0.05, 0.1) is 6.07 Å². The van der Waals surface area contributed by atoms with E-state index in [1.807, 2.05) is 14.0 Å². The number of hydrogen-bond donors (Lipinski definition) is 0. The van der Waals surface area contributed by atoms with Gasteiger partial charge in [-0.2, -0.15) is 5.26 Å². The molecule has 0 aromatic carbocycles. The second kappa shape index (κ2) is 4.22. The third-order valence-corrected chi connectivity index (χ3v) is 3.17. The van der Waals surface area contributed by atoms with Gasteiger partial charge in [-0.3, -0.25) is 4.79 Å². The first kappa shape index (κ1) is 12.0. The summed E-state index contributed by atoms with van der Waals surface area (Å²) in [6, 6.07) is 2.38. The molecule has 0 aromatic heterocycles. The maximum Gasteiger partial charge on any atom is 0.243 e. The minimum Gasteiger partial charge on any atom is -0.342 e. The summed E-state index contributed by atoms with van der Waals surface area (Å²) in [7, 11) is 1.81. The zero-order valence-corrected chi connectivity index (χ0v) is 10.1. The maximum absolute atomic E-state index is 12.0. The van der Waals surface area contributed by atoms with E-state index < -0.39 is 5.41 Å². The van der Waals surface area contributed by atoms with Crippen molar-refractivity contribution in [2.75, 3.05) is 7.05 Å². The van der Waals surface area contributed by atoms with E-state index in [1.165, 1.54) is 0 Å². The van der Waals surface area contributed by atoms with E-state index in [0.29, 0.717) is 5.92 Å². The fourth-order valence-corrected chi connectivity index (χ4v) is 1.88. The Balaban J connectivity index is 2.57. The van der Waals surface area contributed by atoms with Crippen LogP contribution in [0.2, 0.25) is 0 Å². The lowest BCUT2D eigenvalue weighted by molar-refractivity contribution is -0.135. The molecule has 0 radical (unpaired) electrons. The quantitative estimate of drug-likeness (QED) is 0.710. The van der Waals surface area contributed by atoms with Crippen LogP contribution in [0.3, 0.4) is 0 Å². The monoisotopic (exact) mass is 208 g/mol. The van der Waals surface area contributed by atoms with Gasteiger partial charge in [-0.15, -0.1) is 0 Å².